The maximum atomic E-state index is 12.7. The minimum atomic E-state index is -5.92. The number of nitrogens with zero attached hydrogens (tertiary/aromatic N) is 1. The fourth-order valence-electron chi connectivity index (χ4n) is 1.15. The minimum Gasteiger partial charge on any atom is -0.258 e. The van der Waals surface area contributed by atoms with Gasteiger partial charge in [0, 0.05) is 6.07 Å². The minimum absolute atomic E-state index is 0.0755. The number of hydrogen-bond donors (Lipinski definition) is 0. The van der Waals surface area contributed by atoms with Gasteiger partial charge in [-0.25, -0.2) is 8.42 Å². The van der Waals surface area contributed by atoms with Crippen molar-refractivity contribution in [3.8, 4) is 0 Å². The van der Waals surface area contributed by atoms with Gasteiger partial charge in [0.1, 0.15) is 0 Å². The first-order chi connectivity index (χ1) is 8.78. The Kier molecular flexibility index (Phi) is 3.80. The number of alkyl halides is 3. The van der Waals surface area contributed by atoms with Gasteiger partial charge >= 0.3 is 15.7 Å². The van der Waals surface area contributed by atoms with Gasteiger partial charge in [-0.2, -0.15) is 21.6 Å². The van der Waals surface area contributed by atoms with Gasteiger partial charge in [0.25, 0.3) is 15.5 Å². The highest BCUT2D eigenvalue weighted by atomic mass is 32.3. The Balaban J connectivity index is 3.68. The zero-order valence-corrected chi connectivity index (χ0v) is 10.6. The molecule has 0 amide bonds. The Morgan fingerprint density at radius 2 is 1.60 bits per heavy atom. The lowest BCUT2D eigenvalue weighted by Crippen LogP contribution is -2.23. The van der Waals surface area contributed by atoms with Gasteiger partial charge < -0.3 is 0 Å². The standard InChI is InChI=1S/C7H3F4NO6S2/c8-7(9,10)19(15,16)4-1-2-6(20(11,17)18)5(3-4)12(13)14/h1-3H. The van der Waals surface area contributed by atoms with Crippen LogP contribution in [0.5, 0.6) is 0 Å². The zero-order chi connectivity index (χ0) is 15.9. The summed E-state index contributed by atoms with van der Waals surface area (Å²) in [6.45, 7) is 0. The lowest BCUT2D eigenvalue weighted by Gasteiger charge is -2.08. The molecular weight excluding hydrogens is 334 g/mol. The largest absolute Gasteiger partial charge is 0.501 e. The number of sulfone groups is 1. The first kappa shape index (κ1) is 16.3. The normalized spacial score (nSPS) is 13.2. The van der Waals surface area contributed by atoms with Crippen molar-refractivity contribution in [3.05, 3.63) is 28.3 Å². The molecule has 0 fully saturated rings. The Morgan fingerprint density at radius 1 is 1.10 bits per heavy atom. The van der Waals surface area contributed by atoms with Gasteiger partial charge in [-0.05, 0) is 12.1 Å². The summed E-state index contributed by atoms with van der Waals surface area (Å²) in [5, 5.41) is 10.5. The van der Waals surface area contributed by atoms with E-state index in [0.717, 1.165) is 0 Å². The molecule has 0 spiro atoms. The van der Waals surface area contributed by atoms with Crippen molar-refractivity contribution in [2.45, 2.75) is 15.3 Å². The molecule has 1 rings (SSSR count). The third-order valence-corrected chi connectivity index (χ3v) is 4.36. The van der Waals surface area contributed by atoms with Gasteiger partial charge in [-0.3, -0.25) is 10.1 Å². The van der Waals surface area contributed by atoms with Crippen LogP contribution in [0, 0.1) is 10.1 Å². The highest BCUT2D eigenvalue weighted by Crippen LogP contribution is 2.34. The molecule has 0 N–H and O–H groups in total. The molecule has 1 aromatic rings. The molecule has 0 bridgehead atoms. The van der Waals surface area contributed by atoms with Crippen molar-refractivity contribution in [2.75, 3.05) is 0 Å². The van der Waals surface area contributed by atoms with E-state index in [0.29, 0.717) is 0 Å². The van der Waals surface area contributed by atoms with Crippen molar-refractivity contribution < 1.29 is 38.8 Å². The smallest absolute Gasteiger partial charge is 0.258 e. The van der Waals surface area contributed by atoms with Gasteiger partial charge in [0.2, 0.25) is 0 Å². The van der Waals surface area contributed by atoms with E-state index in [1.807, 2.05) is 0 Å². The monoisotopic (exact) mass is 337 g/mol. The fraction of sp³-hybridized carbons (Fsp3) is 0.143. The second kappa shape index (κ2) is 4.66. The van der Waals surface area contributed by atoms with E-state index in [1.54, 1.807) is 0 Å². The third-order valence-electron chi connectivity index (χ3n) is 2.00. The van der Waals surface area contributed by atoms with Crippen LogP contribution in [0.3, 0.4) is 0 Å². The predicted octanol–water partition coefficient (Wildman–Crippen LogP) is 1.55. The van der Waals surface area contributed by atoms with E-state index in [9.17, 15) is 44.0 Å². The summed E-state index contributed by atoms with van der Waals surface area (Å²) >= 11 is 0. The van der Waals surface area contributed by atoms with E-state index < -0.39 is 46.0 Å². The summed E-state index contributed by atoms with van der Waals surface area (Å²) < 4.78 is 92.6. The van der Waals surface area contributed by atoms with Crippen LogP contribution in [0.25, 0.3) is 0 Å². The highest BCUT2D eigenvalue weighted by molar-refractivity contribution is 7.92. The number of benzene rings is 1. The molecule has 0 unspecified atom stereocenters. The predicted molar refractivity (Wildman–Crippen MR) is 54.6 cm³/mol. The molecule has 0 atom stereocenters. The first-order valence-electron chi connectivity index (χ1n) is 4.33. The highest BCUT2D eigenvalue weighted by Gasteiger charge is 2.47. The maximum Gasteiger partial charge on any atom is 0.501 e. The summed E-state index contributed by atoms with van der Waals surface area (Å²) in [5.41, 5.74) is -7.35. The molecule has 0 aliphatic rings. The van der Waals surface area contributed by atoms with E-state index in [4.69, 9.17) is 0 Å². The van der Waals surface area contributed by atoms with Crippen molar-refractivity contribution >= 4 is 25.7 Å². The number of halogens is 4. The van der Waals surface area contributed by atoms with Crippen molar-refractivity contribution in [1.82, 2.24) is 0 Å². The maximum absolute atomic E-state index is 12.7. The summed E-state index contributed by atoms with van der Waals surface area (Å²) in [5.74, 6) is 0. The van der Waals surface area contributed by atoms with Crippen LogP contribution in [0.1, 0.15) is 0 Å². The summed E-state index contributed by atoms with van der Waals surface area (Å²) in [7, 11) is -11.5. The van der Waals surface area contributed by atoms with Crippen molar-refractivity contribution in [2.24, 2.45) is 0 Å². The van der Waals surface area contributed by atoms with Crippen LogP contribution in [0.15, 0.2) is 28.0 Å². The summed E-state index contributed by atoms with van der Waals surface area (Å²) in [4.78, 5) is 5.88. The van der Waals surface area contributed by atoms with E-state index in [-0.39, 0.29) is 18.2 Å². The summed E-state index contributed by atoms with van der Waals surface area (Å²) in [6.07, 6.45) is 0. The van der Waals surface area contributed by atoms with Crippen LogP contribution >= 0.6 is 0 Å². The Morgan fingerprint density at radius 3 is 1.95 bits per heavy atom. The quantitative estimate of drug-likeness (QED) is 0.358. The summed E-state index contributed by atoms with van der Waals surface area (Å²) in [6, 6.07) is 0.0175. The topological polar surface area (TPSA) is 111 Å². The molecule has 0 aliphatic carbocycles. The Bertz CT molecular complexity index is 767. The molecule has 0 radical (unpaired) electrons. The second-order valence-electron chi connectivity index (χ2n) is 3.27. The molecule has 1 aromatic carbocycles. The molecule has 0 aromatic heterocycles. The number of nitro groups is 1. The molecule has 0 saturated carbocycles. The van der Waals surface area contributed by atoms with Crippen molar-refractivity contribution in [3.63, 3.8) is 0 Å². The first-order valence-corrected chi connectivity index (χ1v) is 7.19. The van der Waals surface area contributed by atoms with Crippen LogP contribution in [-0.4, -0.2) is 27.3 Å². The lowest BCUT2D eigenvalue weighted by atomic mass is 10.3. The number of nitro benzene ring substituents is 1. The van der Waals surface area contributed by atoms with Crippen molar-refractivity contribution in [1.29, 1.82) is 0 Å². The average Bonchev–Trinajstić information content (AvgIpc) is 2.25. The van der Waals surface area contributed by atoms with E-state index in [1.165, 1.54) is 0 Å². The molecule has 0 saturated heterocycles. The lowest BCUT2D eigenvalue weighted by molar-refractivity contribution is -0.388. The molecule has 7 nitrogen and oxygen atoms in total. The van der Waals surface area contributed by atoms with E-state index in [2.05, 4.69) is 0 Å². The van der Waals surface area contributed by atoms with Gasteiger partial charge in [0.15, 0.2) is 4.90 Å². The number of rotatable bonds is 3. The van der Waals surface area contributed by atoms with Crippen LogP contribution in [0.2, 0.25) is 0 Å². The molecule has 112 valence electrons. The van der Waals surface area contributed by atoms with E-state index >= 15 is 0 Å². The van der Waals surface area contributed by atoms with Gasteiger partial charge in [0.05, 0.1) is 9.82 Å². The molecule has 0 heterocycles. The van der Waals surface area contributed by atoms with Crippen LogP contribution < -0.4 is 0 Å². The van der Waals surface area contributed by atoms with Crippen LogP contribution in [-0.2, 0) is 20.1 Å². The Labute approximate surface area is 109 Å². The van der Waals surface area contributed by atoms with Gasteiger partial charge in [-0.15, -0.1) is 3.89 Å². The third kappa shape index (κ3) is 2.87. The average molecular weight is 337 g/mol. The zero-order valence-electron chi connectivity index (χ0n) is 8.96. The second-order valence-corrected chi connectivity index (χ2v) is 6.53. The molecule has 0 aliphatic heterocycles. The van der Waals surface area contributed by atoms with Gasteiger partial charge in [-0.1, -0.05) is 0 Å². The molecular formula is C7H3F4NO6S2. The Hall–Kier alpha value is -1.76. The molecule has 13 heteroatoms. The SMILES string of the molecule is O=[N+]([O-])c1cc(S(=O)(=O)C(F)(F)F)ccc1S(=O)(=O)F. The fourth-order valence-corrected chi connectivity index (χ4v) is 2.54. The number of hydrogen-bond acceptors (Lipinski definition) is 6. The molecule has 20 heavy (non-hydrogen) atoms. The van der Waals surface area contributed by atoms with Crippen LogP contribution in [0.4, 0.5) is 22.7 Å².